The van der Waals surface area contributed by atoms with Gasteiger partial charge < -0.3 is 5.73 Å². The summed E-state index contributed by atoms with van der Waals surface area (Å²) in [5.41, 5.74) is 5.98. The fourth-order valence-electron chi connectivity index (χ4n) is 3.16. The van der Waals surface area contributed by atoms with E-state index in [9.17, 15) is 0 Å². The smallest absolute Gasteiger partial charge is 0.154 e. The Labute approximate surface area is 123 Å². The minimum atomic E-state index is 0.297. The highest BCUT2D eigenvalue weighted by atomic mass is 15.3. The van der Waals surface area contributed by atoms with Gasteiger partial charge in [0.15, 0.2) is 5.82 Å². The summed E-state index contributed by atoms with van der Waals surface area (Å²) in [5.74, 6) is 2.82. The molecule has 1 fully saturated rings. The third kappa shape index (κ3) is 4.05. The van der Waals surface area contributed by atoms with Crippen LogP contribution in [-0.2, 0) is 13.5 Å². The van der Waals surface area contributed by atoms with Gasteiger partial charge in [-0.2, -0.15) is 5.10 Å². The largest absolute Gasteiger partial charge is 0.330 e. The van der Waals surface area contributed by atoms with E-state index < -0.39 is 0 Å². The van der Waals surface area contributed by atoms with Crippen LogP contribution in [0.25, 0.3) is 0 Å². The van der Waals surface area contributed by atoms with Gasteiger partial charge in [-0.1, -0.05) is 33.1 Å². The molecule has 1 aliphatic carbocycles. The highest BCUT2D eigenvalue weighted by molar-refractivity contribution is 5.01. The molecule has 0 radical (unpaired) electrons. The Morgan fingerprint density at radius 3 is 2.55 bits per heavy atom. The lowest BCUT2D eigenvalue weighted by Crippen LogP contribution is -2.18. The zero-order chi connectivity index (χ0) is 14.6. The molecule has 0 saturated heterocycles. The Balaban J connectivity index is 1.97. The van der Waals surface area contributed by atoms with Crippen molar-refractivity contribution in [3.05, 3.63) is 11.6 Å². The van der Waals surface area contributed by atoms with Gasteiger partial charge in [0.05, 0.1) is 0 Å². The van der Waals surface area contributed by atoms with E-state index >= 15 is 0 Å². The molecular weight excluding hydrogens is 248 g/mol. The Bertz CT molecular complexity index is 416. The van der Waals surface area contributed by atoms with Crippen LogP contribution in [0.5, 0.6) is 0 Å². The summed E-state index contributed by atoms with van der Waals surface area (Å²) in [6, 6.07) is 0. The minimum Gasteiger partial charge on any atom is -0.330 e. The second kappa shape index (κ2) is 6.70. The van der Waals surface area contributed by atoms with Crippen LogP contribution in [0.4, 0.5) is 0 Å². The molecule has 2 rings (SSSR count). The van der Waals surface area contributed by atoms with Gasteiger partial charge in [0.1, 0.15) is 5.82 Å². The Kier molecular flexibility index (Phi) is 5.19. The summed E-state index contributed by atoms with van der Waals surface area (Å²) in [7, 11) is 2.03. The maximum Gasteiger partial charge on any atom is 0.154 e. The van der Waals surface area contributed by atoms with Gasteiger partial charge in [-0.15, -0.1) is 0 Å². The zero-order valence-electron chi connectivity index (χ0n) is 13.4. The average Bonchev–Trinajstić information content (AvgIpc) is 2.79. The Morgan fingerprint density at radius 2 is 1.90 bits per heavy atom. The number of aromatic nitrogens is 3. The first-order valence-electron chi connectivity index (χ1n) is 8.12. The van der Waals surface area contributed by atoms with Crippen LogP contribution in [0.2, 0.25) is 0 Å². The first kappa shape index (κ1) is 15.5. The summed E-state index contributed by atoms with van der Waals surface area (Å²) in [5, 5.41) is 4.66. The highest BCUT2D eigenvalue weighted by Crippen LogP contribution is 2.31. The van der Waals surface area contributed by atoms with Crippen LogP contribution in [-0.4, -0.2) is 21.3 Å². The van der Waals surface area contributed by atoms with Crippen molar-refractivity contribution in [2.45, 2.75) is 71.1 Å². The molecule has 0 aromatic carbocycles. The molecule has 1 saturated carbocycles. The van der Waals surface area contributed by atoms with Gasteiger partial charge >= 0.3 is 0 Å². The van der Waals surface area contributed by atoms with Crippen LogP contribution in [0.1, 0.15) is 76.4 Å². The molecule has 1 aliphatic rings. The molecule has 4 heteroatoms. The van der Waals surface area contributed by atoms with Gasteiger partial charge in [-0.3, -0.25) is 4.68 Å². The Morgan fingerprint density at radius 1 is 1.20 bits per heavy atom. The SMILES string of the molecule is Cn1nc(C2CCCCC2)nc1CCC(C)(C)CCN. The van der Waals surface area contributed by atoms with Gasteiger partial charge in [-0.05, 0) is 37.6 Å². The molecule has 1 aromatic rings. The number of hydrogen-bond acceptors (Lipinski definition) is 3. The molecular formula is C16H30N4. The van der Waals surface area contributed by atoms with Crippen molar-refractivity contribution in [1.82, 2.24) is 14.8 Å². The summed E-state index contributed by atoms with van der Waals surface area (Å²) >= 11 is 0. The predicted octanol–water partition coefficient (Wildman–Crippen LogP) is 3.17. The van der Waals surface area contributed by atoms with E-state index in [1.807, 2.05) is 11.7 Å². The van der Waals surface area contributed by atoms with Gasteiger partial charge in [0.2, 0.25) is 0 Å². The topological polar surface area (TPSA) is 56.7 Å². The van der Waals surface area contributed by atoms with Crippen molar-refractivity contribution >= 4 is 0 Å². The summed E-state index contributed by atoms with van der Waals surface area (Å²) < 4.78 is 1.99. The average molecular weight is 278 g/mol. The van der Waals surface area contributed by atoms with Gasteiger partial charge in [0, 0.05) is 19.4 Å². The lowest BCUT2D eigenvalue weighted by Gasteiger charge is -2.23. The van der Waals surface area contributed by atoms with Crippen LogP contribution < -0.4 is 5.73 Å². The van der Waals surface area contributed by atoms with Gasteiger partial charge in [-0.25, -0.2) is 4.98 Å². The van der Waals surface area contributed by atoms with E-state index in [0.29, 0.717) is 11.3 Å². The van der Waals surface area contributed by atoms with Crippen LogP contribution in [0.15, 0.2) is 0 Å². The second-order valence-corrected chi connectivity index (χ2v) is 7.05. The number of rotatable bonds is 6. The summed E-state index contributed by atoms with van der Waals surface area (Å²) in [4.78, 5) is 4.82. The lowest BCUT2D eigenvalue weighted by molar-refractivity contribution is 0.309. The van der Waals surface area contributed by atoms with Crippen LogP contribution in [0, 0.1) is 5.41 Å². The van der Waals surface area contributed by atoms with Crippen molar-refractivity contribution in [3.63, 3.8) is 0 Å². The first-order valence-corrected chi connectivity index (χ1v) is 8.12. The van der Waals surface area contributed by atoms with E-state index in [4.69, 9.17) is 10.7 Å². The molecule has 0 unspecified atom stereocenters. The molecule has 1 heterocycles. The molecule has 4 nitrogen and oxygen atoms in total. The molecule has 1 aromatic heterocycles. The van der Waals surface area contributed by atoms with Crippen molar-refractivity contribution in [1.29, 1.82) is 0 Å². The van der Waals surface area contributed by atoms with Gasteiger partial charge in [0.25, 0.3) is 0 Å². The normalized spacial score (nSPS) is 17.6. The first-order chi connectivity index (χ1) is 9.52. The zero-order valence-corrected chi connectivity index (χ0v) is 13.4. The van der Waals surface area contributed by atoms with E-state index in [1.54, 1.807) is 0 Å². The lowest BCUT2D eigenvalue weighted by atomic mass is 9.84. The highest BCUT2D eigenvalue weighted by Gasteiger charge is 2.22. The molecule has 0 bridgehead atoms. The van der Waals surface area contributed by atoms with E-state index in [1.165, 1.54) is 32.1 Å². The summed E-state index contributed by atoms with van der Waals surface area (Å²) in [6.45, 7) is 5.34. The second-order valence-electron chi connectivity index (χ2n) is 7.05. The van der Waals surface area contributed by atoms with E-state index in [2.05, 4.69) is 18.9 Å². The quantitative estimate of drug-likeness (QED) is 0.869. The van der Waals surface area contributed by atoms with E-state index in [0.717, 1.165) is 37.5 Å². The third-order valence-electron chi connectivity index (χ3n) is 4.69. The summed E-state index contributed by atoms with van der Waals surface area (Å²) in [6.07, 6.45) is 9.78. The standard InChI is InChI=1S/C16H30N4/c1-16(2,11-12-17)10-9-14-18-15(19-20(14)3)13-7-5-4-6-8-13/h13H,4-12,17H2,1-3H3. The molecule has 0 aliphatic heterocycles. The number of nitrogens with zero attached hydrogens (tertiary/aromatic N) is 3. The molecule has 114 valence electrons. The molecule has 0 atom stereocenters. The maximum absolute atomic E-state index is 5.68. The molecule has 2 N–H and O–H groups in total. The van der Waals surface area contributed by atoms with Crippen molar-refractivity contribution in [3.8, 4) is 0 Å². The van der Waals surface area contributed by atoms with Crippen molar-refractivity contribution in [2.24, 2.45) is 18.2 Å². The van der Waals surface area contributed by atoms with Crippen molar-refractivity contribution < 1.29 is 0 Å². The molecule has 0 amide bonds. The van der Waals surface area contributed by atoms with Crippen LogP contribution in [0.3, 0.4) is 0 Å². The molecule has 20 heavy (non-hydrogen) atoms. The van der Waals surface area contributed by atoms with Crippen molar-refractivity contribution in [2.75, 3.05) is 6.54 Å². The fraction of sp³-hybridized carbons (Fsp3) is 0.875. The van der Waals surface area contributed by atoms with E-state index in [-0.39, 0.29) is 0 Å². The predicted molar refractivity (Wildman–Crippen MR) is 82.6 cm³/mol. The minimum absolute atomic E-state index is 0.297. The maximum atomic E-state index is 5.68. The number of hydrogen-bond donors (Lipinski definition) is 1. The molecule has 0 spiro atoms. The third-order valence-corrected chi connectivity index (χ3v) is 4.69. The fourth-order valence-corrected chi connectivity index (χ4v) is 3.16. The number of nitrogens with two attached hydrogens (primary N) is 1. The monoisotopic (exact) mass is 278 g/mol. The van der Waals surface area contributed by atoms with Crippen LogP contribution >= 0.6 is 0 Å². The number of aryl methyl sites for hydroxylation is 2. The Hall–Kier alpha value is -0.900.